The maximum Gasteiger partial charge on any atom is 0.242 e. The van der Waals surface area contributed by atoms with E-state index >= 15 is 0 Å². The molecule has 1 amide bonds. The van der Waals surface area contributed by atoms with Crippen LogP contribution in [0.4, 0.5) is 0 Å². The van der Waals surface area contributed by atoms with Gasteiger partial charge in [-0.15, -0.1) is 0 Å². The van der Waals surface area contributed by atoms with E-state index in [1.165, 1.54) is 5.56 Å². The van der Waals surface area contributed by atoms with Gasteiger partial charge in [0, 0.05) is 19.2 Å². The second-order valence-corrected chi connectivity index (χ2v) is 6.43. The summed E-state index contributed by atoms with van der Waals surface area (Å²) in [4.78, 5) is 14.3. The third kappa shape index (κ3) is 4.03. The Balaban J connectivity index is 1.78. The lowest BCUT2D eigenvalue weighted by Crippen LogP contribution is -2.30. The molecule has 2 aromatic carbocycles. The Morgan fingerprint density at radius 2 is 1.84 bits per heavy atom. The van der Waals surface area contributed by atoms with Crippen molar-refractivity contribution in [2.75, 3.05) is 7.05 Å². The van der Waals surface area contributed by atoms with E-state index in [1.807, 2.05) is 61.5 Å². The van der Waals surface area contributed by atoms with Gasteiger partial charge in [0.25, 0.3) is 0 Å². The van der Waals surface area contributed by atoms with Gasteiger partial charge in [-0.1, -0.05) is 60.2 Å². The van der Waals surface area contributed by atoms with Crippen molar-refractivity contribution in [3.8, 4) is 11.4 Å². The SMILES string of the molecule is Cc1ccc(-c2n[nH]c(=S)n2CC(=O)N(C)Cc2ccccc2)cc1. The van der Waals surface area contributed by atoms with E-state index in [0.29, 0.717) is 17.1 Å². The first-order valence-electron chi connectivity index (χ1n) is 8.05. The van der Waals surface area contributed by atoms with Gasteiger partial charge >= 0.3 is 0 Å². The van der Waals surface area contributed by atoms with Crippen molar-refractivity contribution in [2.45, 2.75) is 20.0 Å². The maximum absolute atomic E-state index is 12.6. The lowest BCUT2D eigenvalue weighted by atomic mass is 10.1. The van der Waals surface area contributed by atoms with Crippen LogP contribution in [-0.4, -0.2) is 32.6 Å². The predicted molar refractivity (Wildman–Crippen MR) is 101 cm³/mol. The van der Waals surface area contributed by atoms with Gasteiger partial charge in [-0.05, 0) is 24.7 Å². The molecule has 128 valence electrons. The number of carbonyl (C=O) groups is 1. The predicted octanol–water partition coefficient (Wildman–Crippen LogP) is 3.57. The van der Waals surface area contributed by atoms with Crippen LogP contribution in [-0.2, 0) is 17.9 Å². The summed E-state index contributed by atoms with van der Waals surface area (Å²) in [5.74, 6) is 0.654. The molecule has 0 atom stereocenters. The van der Waals surface area contributed by atoms with Gasteiger partial charge < -0.3 is 4.90 Å². The van der Waals surface area contributed by atoms with Crippen LogP contribution in [0.15, 0.2) is 54.6 Å². The molecule has 0 saturated heterocycles. The van der Waals surface area contributed by atoms with E-state index in [-0.39, 0.29) is 12.5 Å². The van der Waals surface area contributed by atoms with Crippen LogP contribution in [0.3, 0.4) is 0 Å². The summed E-state index contributed by atoms with van der Waals surface area (Å²) in [6.45, 7) is 2.75. The molecular weight excluding hydrogens is 332 g/mol. The number of amides is 1. The zero-order chi connectivity index (χ0) is 17.8. The average Bonchev–Trinajstić information content (AvgIpc) is 2.97. The van der Waals surface area contributed by atoms with E-state index in [4.69, 9.17) is 12.2 Å². The topological polar surface area (TPSA) is 53.9 Å². The molecule has 6 heteroatoms. The van der Waals surface area contributed by atoms with E-state index in [9.17, 15) is 4.79 Å². The summed E-state index contributed by atoms with van der Waals surface area (Å²) in [5, 5.41) is 7.08. The molecule has 0 saturated carbocycles. The summed E-state index contributed by atoms with van der Waals surface area (Å²) in [5.41, 5.74) is 3.19. The first-order chi connectivity index (χ1) is 12.0. The molecule has 1 heterocycles. The molecule has 0 unspecified atom stereocenters. The van der Waals surface area contributed by atoms with E-state index < -0.39 is 0 Å². The largest absolute Gasteiger partial charge is 0.340 e. The molecule has 1 aromatic heterocycles. The number of nitrogens with one attached hydrogen (secondary N) is 1. The number of hydrogen-bond donors (Lipinski definition) is 1. The standard InChI is InChI=1S/C19H20N4OS/c1-14-8-10-16(11-9-14)18-20-21-19(25)23(18)13-17(24)22(2)12-15-6-4-3-5-7-15/h3-11H,12-13H2,1-2H3,(H,21,25). The van der Waals surface area contributed by atoms with Crippen LogP contribution in [0.5, 0.6) is 0 Å². The fourth-order valence-corrected chi connectivity index (χ4v) is 2.79. The van der Waals surface area contributed by atoms with Gasteiger partial charge in [0.05, 0.1) is 0 Å². The quantitative estimate of drug-likeness (QED) is 0.714. The highest BCUT2D eigenvalue weighted by molar-refractivity contribution is 7.71. The Labute approximate surface area is 151 Å². The van der Waals surface area contributed by atoms with Gasteiger partial charge in [0.1, 0.15) is 6.54 Å². The van der Waals surface area contributed by atoms with Crippen molar-refractivity contribution in [3.63, 3.8) is 0 Å². The number of hydrogen-bond acceptors (Lipinski definition) is 3. The summed E-state index contributed by atoms with van der Waals surface area (Å²) < 4.78 is 2.18. The molecule has 0 aliphatic rings. The van der Waals surface area contributed by atoms with Crippen molar-refractivity contribution in [2.24, 2.45) is 0 Å². The fraction of sp³-hybridized carbons (Fsp3) is 0.211. The number of aromatic amines is 1. The summed E-state index contributed by atoms with van der Waals surface area (Å²) in [6.07, 6.45) is 0. The fourth-order valence-electron chi connectivity index (χ4n) is 2.59. The van der Waals surface area contributed by atoms with Crippen LogP contribution in [0, 0.1) is 11.7 Å². The van der Waals surface area contributed by atoms with Crippen LogP contribution >= 0.6 is 12.2 Å². The van der Waals surface area contributed by atoms with Gasteiger partial charge in [0.2, 0.25) is 5.91 Å². The highest BCUT2D eigenvalue weighted by atomic mass is 32.1. The molecule has 25 heavy (non-hydrogen) atoms. The molecule has 0 radical (unpaired) electrons. The Kier molecular flexibility index (Phi) is 5.09. The van der Waals surface area contributed by atoms with E-state index in [0.717, 1.165) is 11.1 Å². The number of nitrogens with zero attached hydrogens (tertiary/aromatic N) is 3. The van der Waals surface area contributed by atoms with Crippen LogP contribution in [0.1, 0.15) is 11.1 Å². The third-order valence-electron chi connectivity index (χ3n) is 4.05. The lowest BCUT2D eigenvalue weighted by molar-refractivity contribution is -0.131. The van der Waals surface area contributed by atoms with Crippen LogP contribution < -0.4 is 0 Å². The first kappa shape index (κ1) is 17.1. The van der Waals surface area contributed by atoms with Crippen molar-refractivity contribution in [1.29, 1.82) is 0 Å². The normalized spacial score (nSPS) is 10.6. The molecule has 3 rings (SSSR count). The van der Waals surface area contributed by atoms with Crippen molar-refractivity contribution in [1.82, 2.24) is 19.7 Å². The van der Waals surface area contributed by atoms with Crippen LogP contribution in [0.2, 0.25) is 0 Å². The number of likely N-dealkylation sites (N-methyl/N-ethyl adjacent to an activating group) is 1. The van der Waals surface area contributed by atoms with Gasteiger partial charge in [-0.2, -0.15) is 5.10 Å². The number of carbonyl (C=O) groups excluding carboxylic acids is 1. The Morgan fingerprint density at radius 1 is 1.16 bits per heavy atom. The number of rotatable bonds is 5. The molecule has 0 spiro atoms. The minimum absolute atomic E-state index is 0.0188. The summed E-state index contributed by atoms with van der Waals surface area (Å²) >= 11 is 5.31. The number of aryl methyl sites for hydroxylation is 1. The monoisotopic (exact) mass is 352 g/mol. The molecule has 3 aromatic rings. The van der Waals surface area contributed by atoms with Crippen molar-refractivity contribution < 1.29 is 4.79 Å². The summed E-state index contributed by atoms with van der Waals surface area (Å²) in [6, 6.07) is 17.9. The maximum atomic E-state index is 12.6. The van der Waals surface area contributed by atoms with Gasteiger partial charge in [0.15, 0.2) is 10.6 Å². The number of aromatic nitrogens is 3. The second-order valence-electron chi connectivity index (χ2n) is 6.04. The molecule has 0 fully saturated rings. The number of H-pyrrole nitrogens is 1. The summed E-state index contributed by atoms with van der Waals surface area (Å²) in [7, 11) is 1.80. The van der Waals surface area contributed by atoms with Crippen molar-refractivity contribution >= 4 is 18.1 Å². The second kappa shape index (κ2) is 7.44. The van der Waals surface area contributed by atoms with Crippen molar-refractivity contribution in [3.05, 3.63) is 70.5 Å². The third-order valence-corrected chi connectivity index (χ3v) is 4.36. The first-order valence-corrected chi connectivity index (χ1v) is 8.45. The Bertz CT molecular complexity index is 913. The number of benzene rings is 2. The molecule has 5 nitrogen and oxygen atoms in total. The smallest absolute Gasteiger partial charge is 0.242 e. The van der Waals surface area contributed by atoms with Gasteiger partial charge in [-0.3, -0.25) is 14.5 Å². The highest BCUT2D eigenvalue weighted by Crippen LogP contribution is 2.18. The Hall–Kier alpha value is -2.73. The van der Waals surface area contributed by atoms with E-state index in [2.05, 4.69) is 10.2 Å². The minimum Gasteiger partial charge on any atom is -0.340 e. The van der Waals surface area contributed by atoms with Gasteiger partial charge in [-0.25, -0.2) is 0 Å². The zero-order valence-electron chi connectivity index (χ0n) is 14.3. The zero-order valence-corrected chi connectivity index (χ0v) is 15.1. The minimum atomic E-state index is -0.0188. The molecule has 0 aliphatic heterocycles. The Morgan fingerprint density at radius 3 is 2.52 bits per heavy atom. The lowest BCUT2D eigenvalue weighted by Gasteiger charge is -2.18. The average molecular weight is 352 g/mol. The highest BCUT2D eigenvalue weighted by Gasteiger charge is 2.15. The molecule has 0 bridgehead atoms. The molecule has 1 N–H and O–H groups in total. The molecular formula is C19H20N4OS. The van der Waals surface area contributed by atoms with E-state index in [1.54, 1.807) is 16.5 Å². The van der Waals surface area contributed by atoms with Crippen LogP contribution in [0.25, 0.3) is 11.4 Å². The molecule has 0 aliphatic carbocycles.